The molecule has 1 heterocycles. The lowest BCUT2D eigenvalue weighted by Gasteiger charge is -2.10. The van der Waals surface area contributed by atoms with Crippen molar-refractivity contribution in [1.29, 1.82) is 0 Å². The van der Waals surface area contributed by atoms with Gasteiger partial charge in [0.2, 0.25) is 0 Å². The Kier molecular flexibility index (Phi) is 6.01. The topological polar surface area (TPSA) is 85.4 Å². The minimum Gasteiger partial charge on any atom is -0.493 e. The van der Waals surface area contributed by atoms with E-state index in [4.69, 9.17) is 9.47 Å². The Morgan fingerprint density at radius 3 is 2.50 bits per heavy atom. The molecule has 0 unspecified atom stereocenters. The molecule has 2 aromatic carbocycles. The van der Waals surface area contributed by atoms with E-state index in [9.17, 15) is 9.18 Å². The molecule has 3 aromatic rings. The van der Waals surface area contributed by atoms with E-state index < -0.39 is 11.7 Å². The smallest absolute Gasteiger partial charge is 0.276 e. The highest BCUT2D eigenvalue weighted by Crippen LogP contribution is 2.27. The molecule has 0 saturated heterocycles. The van der Waals surface area contributed by atoms with Gasteiger partial charge in [-0.3, -0.25) is 4.79 Å². The summed E-state index contributed by atoms with van der Waals surface area (Å²) in [6.45, 7) is 0.490. The highest BCUT2D eigenvalue weighted by molar-refractivity contribution is 6.02. The van der Waals surface area contributed by atoms with Crippen molar-refractivity contribution in [1.82, 2.24) is 10.2 Å². The number of benzene rings is 2. The molecule has 0 saturated carbocycles. The Morgan fingerprint density at radius 1 is 1.00 bits per heavy atom. The standard InChI is InChI=1S/C20H19FN4O3/c1-27-17-8-6-13(10-18(17)28-2)12-22-19-9-7-16(24-25-19)20(26)23-15-5-3-4-14(21)11-15/h3-11H,12H2,1-2H3,(H,22,25)(H,23,26). The number of hydrogen-bond acceptors (Lipinski definition) is 6. The third kappa shape index (κ3) is 4.73. The van der Waals surface area contributed by atoms with Gasteiger partial charge in [0.15, 0.2) is 17.2 Å². The van der Waals surface area contributed by atoms with Crippen molar-refractivity contribution < 1.29 is 18.7 Å². The van der Waals surface area contributed by atoms with Crippen molar-refractivity contribution in [2.45, 2.75) is 6.54 Å². The number of carbonyl (C=O) groups is 1. The van der Waals surface area contributed by atoms with Gasteiger partial charge in [-0.25, -0.2) is 4.39 Å². The third-order valence-corrected chi connectivity index (χ3v) is 3.90. The molecule has 0 spiro atoms. The van der Waals surface area contributed by atoms with Gasteiger partial charge in [0.05, 0.1) is 14.2 Å². The number of aromatic nitrogens is 2. The zero-order valence-corrected chi connectivity index (χ0v) is 15.4. The van der Waals surface area contributed by atoms with Gasteiger partial charge in [0.1, 0.15) is 11.6 Å². The number of nitrogens with zero attached hydrogens (tertiary/aromatic N) is 2. The summed E-state index contributed by atoms with van der Waals surface area (Å²) in [5.41, 5.74) is 1.44. The summed E-state index contributed by atoms with van der Waals surface area (Å²) in [6, 6.07) is 14.4. The number of rotatable bonds is 7. The van der Waals surface area contributed by atoms with Crippen LogP contribution in [-0.2, 0) is 6.54 Å². The second-order valence-corrected chi connectivity index (χ2v) is 5.81. The van der Waals surface area contributed by atoms with Crippen LogP contribution >= 0.6 is 0 Å². The maximum atomic E-state index is 13.2. The molecule has 2 N–H and O–H groups in total. The number of carbonyl (C=O) groups excluding carboxylic acids is 1. The molecule has 0 aliphatic heterocycles. The number of anilines is 2. The average molecular weight is 382 g/mol. The van der Waals surface area contributed by atoms with E-state index in [-0.39, 0.29) is 5.69 Å². The molecule has 1 aromatic heterocycles. The van der Waals surface area contributed by atoms with E-state index in [0.29, 0.717) is 29.5 Å². The van der Waals surface area contributed by atoms with Crippen molar-refractivity contribution in [3.05, 3.63) is 71.7 Å². The zero-order chi connectivity index (χ0) is 19.9. The predicted octanol–water partition coefficient (Wildman–Crippen LogP) is 3.50. The average Bonchev–Trinajstić information content (AvgIpc) is 2.72. The van der Waals surface area contributed by atoms with Gasteiger partial charge >= 0.3 is 0 Å². The minimum absolute atomic E-state index is 0.126. The van der Waals surface area contributed by atoms with Crippen LogP contribution < -0.4 is 20.1 Å². The highest BCUT2D eigenvalue weighted by atomic mass is 19.1. The molecule has 8 heteroatoms. The Bertz CT molecular complexity index is 964. The number of amides is 1. The van der Waals surface area contributed by atoms with Crippen molar-refractivity contribution in [3.8, 4) is 11.5 Å². The fourth-order valence-corrected chi connectivity index (χ4v) is 2.49. The lowest BCUT2D eigenvalue weighted by Crippen LogP contribution is -2.15. The second-order valence-electron chi connectivity index (χ2n) is 5.81. The van der Waals surface area contributed by atoms with Gasteiger partial charge in [-0.1, -0.05) is 12.1 Å². The molecule has 0 atom stereocenters. The van der Waals surface area contributed by atoms with Crippen LogP contribution in [0.5, 0.6) is 11.5 Å². The quantitative estimate of drug-likeness (QED) is 0.651. The number of methoxy groups -OCH3 is 2. The first kappa shape index (κ1) is 19.1. The van der Waals surface area contributed by atoms with E-state index in [0.717, 1.165) is 5.56 Å². The molecule has 0 aliphatic rings. The van der Waals surface area contributed by atoms with E-state index in [1.807, 2.05) is 18.2 Å². The van der Waals surface area contributed by atoms with E-state index in [1.54, 1.807) is 32.4 Å². The normalized spacial score (nSPS) is 10.2. The Morgan fingerprint density at radius 2 is 1.82 bits per heavy atom. The fourth-order valence-electron chi connectivity index (χ4n) is 2.49. The first-order chi connectivity index (χ1) is 13.6. The number of ether oxygens (including phenoxy) is 2. The maximum absolute atomic E-state index is 13.2. The van der Waals surface area contributed by atoms with Crippen LogP contribution in [0.15, 0.2) is 54.6 Å². The van der Waals surface area contributed by atoms with Crippen molar-refractivity contribution >= 4 is 17.4 Å². The summed E-state index contributed by atoms with van der Waals surface area (Å²) in [4.78, 5) is 12.2. The third-order valence-electron chi connectivity index (χ3n) is 3.90. The largest absolute Gasteiger partial charge is 0.493 e. The highest BCUT2D eigenvalue weighted by Gasteiger charge is 2.10. The summed E-state index contributed by atoms with van der Waals surface area (Å²) >= 11 is 0. The van der Waals surface area contributed by atoms with E-state index in [1.165, 1.54) is 18.2 Å². The zero-order valence-electron chi connectivity index (χ0n) is 15.4. The lowest BCUT2D eigenvalue weighted by atomic mass is 10.2. The van der Waals surface area contributed by atoms with Gasteiger partial charge < -0.3 is 20.1 Å². The first-order valence-electron chi connectivity index (χ1n) is 8.44. The minimum atomic E-state index is -0.468. The molecule has 7 nitrogen and oxygen atoms in total. The van der Waals surface area contributed by atoms with Crippen LogP contribution in [0.1, 0.15) is 16.1 Å². The maximum Gasteiger partial charge on any atom is 0.276 e. The van der Waals surface area contributed by atoms with Crippen LogP contribution in [0.25, 0.3) is 0 Å². The molecule has 144 valence electrons. The molecular formula is C20H19FN4O3. The van der Waals surface area contributed by atoms with Crippen molar-refractivity contribution in [2.75, 3.05) is 24.9 Å². The fraction of sp³-hybridized carbons (Fsp3) is 0.150. The summed E-state index contributed by atoms with van der Waals surface area (Å²) in [5, 5.41) is 13.6. The molecule has 28 heavy (non-hydrogen) atoms. The van der Waals surface area contributed by atoms with Crippen LogP contribution in [0.2, 0.25) is 0 Å². The summed E-state index contributed by atoms with van der Waals surface area (Å²) in [5.74, 6) is 0.900. The van der Waals surface area contributed by atoms with Crippen LogP contribution in [0.4, 0.5) is 15.9 Å². The van der Waals surface area contributed by atoms with Gasteiger partial charge in [-0.15, -0.1) is 10.2 Å². The van der Waals surface area contributed by atoms with Gasteiger partial charge in [-0.2, -0.15) is 0 Å². The molecule has 0 aliphatic carbocycles. The van der Waals surface area contributed by atoms with E-state index >= 15 is 0 Å². The molecule has 3 rings (SSSR count). The molecule has 0 radical (unpaired) electrons. The lowest BCUT2D eigenvalue weighted by molar-refractivity contribution is 0.102. The van der Waals surface area contributed by atoms with Crippen molar-refractivity contribution in [2.24, 2.45) is 0 Å². The molecule has 1 amide bonds. The van der Waals surface area contributed by atoms with Gasteiger partial charge in [0, 0.05) is 12.2 Å². The van der Waals surface area contributed by atoms with Crippen LogP contribution in [-0.4, -0.2) is 30.3 Å². The summed E-state index contributed by atoms with van der Waals surface area (Å²) in [6.07, 6.45) is 0. The Hall–Kier alpha value is -3.68. The first-order valence-corrected chi connectivity index (χ1v) is 8.44. The number of nitrogens with one attached hydrogen (secondary N) is 2. The Balaban J connectivity index is 1.60. The molecular weight excluding hydrogens is 363 g/mol. The monoisotopic (exact) mass is 382 g/mol. The Labute approximate surface area is 161 Å². The summed E-state index contributed by atoms with van der Waals surface area (Å²) in [7, 11) is 3.16. The molecule has 0 bridgehead atoms. The van der Waals surface area contributed by atoms with Crippen LogP contribution in [0.3, 0.4) is 0 Å². The van der Waals surface area contributed by atoms with E-state index in [2.05, 4.69) is 20.8 Å². The number of hydrogen-bond donors (Lipinski definition) is 2. The predicted molar refractivity (Wildman–Crippen MR) is 103 cm³/mol. The van der Waals surface area contributed by atoms with Crippen molar-refractivity contribution in [3.63, 3.8) is 0 Å². The SMILES string of the molecule is COc1ccc(CNc2ccc(C(=O)Nc3cccc(F)c3)nn2)cc1OC. The number of halogens is 1. The molecule has 0 fully saturated rings. The van der Waals surface area contributed by atoms with Crippen LogP contribution in [0, 0.1) is 5.82 Å². The summed E-state index contributed by atoms with van der Waals surface area (Å²) < 4.78 is 23.7. The van der Waals surface area contributed by atoms with Gasteiger partial charge in [0.25, 0.3) is 5.91 Å². The second kappa shape index (κ2) is 8.81. The van der Waals surface area contributed by atoms with Gasteiger partial charge in [-0.05, 0) is 48.0 Å².